The summed E-state index contributed by atoms with van der Waals surface area (Å²) in [7, 11) is 1.64. The average molecular weight is 290 g/mol. The molecule has 4 heteroatoms. The minimum atomic E-state index is -0.637. The molecule has 0 heterocycles. The van der Waals surface area contributed by atoms with E-state index in [1.165, 1.54) is 0 Å². The van der Waals surface area contributed by atoms with Crippen LogP contribution >= 0.6 is 0 Å². The molecule has 1 amide bonds. The number of amides is 1. The third-order valence-corrected chi connectivity index (χ3v) is 4.63. The number of benzene rings is 1. The van der Waals surface area contributed by atoms with Crippen LogP contribution in [0.5, 0.6) is 5.75 Å². The summed E-state index contributed by atoms with van der Waals surface area (Å²) in [6.07, 6.45) is 4.71. The second-order valence-corrected chi connectivity index (χ2v) is 6.82. The van der Waals surface area contributed by atoms with Crippen molar-refractivity contribution in [3.63, 3.8) is 0 Å². The van der Waals surface area contributed by atoms with Crippen molar-refractivity contribution in [3.8, 4) is 5.75 Å². The number of hydrogen-bond donors (Lipinski definition) is 2. The van der Waals surface area contributed by atoms with Crippen molar-refractivity contribution in [1.29, 1.82) is 0 Å². The molecule has 0 radical (unpaired) electrons. The molecule has 0 saturated heterocycles. The van der Waals surface area contributed by atoms with Crippen LogP contribution in [0.15, 0.2) is 24.3 Å². The quantitative estimate of drug-likeness (QED) is 0.836. The van der Waals surface area contributed by atoms with Gasteiger partial charge in [0, 0.05) is 5.69 Å². The van der Waals surface area contributed by atoms with E-state index in [-0.39, 0.29) is 11.3 Å². The number of primary amides is 1. The van der Waals surface area contributed by atoms with Crippen molar-refractivity contribution < 1.29 is 9.53 Å². The lowest BCUT2D eigenvalue weighted by atomic mass is 9.83. The number of nitrogens with one attached hydrogen (secondary N) is 1. The summed E-state index contributed by atoms with van der Waals surface area (Å²) < 4.78 is 5.16. The lowest BCUT2D eigenvalue weighted by molar-refractivity contribution is -0.122. The van der Waals surface area contributed by atoms with E-state index in [9.17, 15) is 4.79 Å². The Labute approximate surface area is 127 Å². The van der Waals surface area contributed by atoms with E-state index in [2.05, 4.69) is 19.2 Å². The summed E-state index contributed by atoms with van der Waals surface area (Å²) in [4.78, 5) is 12.1. The third kappa shape index (κ3) is 3.69. The van der Waals surface area contributed by atoms with Crippen LogP contribution in [0, 0.1) is 5.41 Å². The molecule has 0 bridgehead atoms. The summed E-state index contributed by atoms with van der Waals surface area (Å²) in [5, 5.41) is 3.39. The smallest absolute Gasteiger partial charge is 0.243 e. The van der Waals surface area contributed by atoms with E-state index in [4.69, 9.17) is 10.5 Å². The maximum Gasteiger partial charge on any atom is 0.243 e. The zero-order chi connectivity index (χ0) is 15.5. The predicted molar refractivity (Wildman–Crippen MR) is 85.4 cm³/mol. The van der Waals surface area contributed by atoms with Crippen LogP contribution in [0.25, 0.3) is 0 Å². The first-order chi connectivity index (χ1) is 9.87. The highest BCUT2D eigenvalue weighted by molar-refractivity contribution is 5.88. The van der Waals surface area contributed by atoms with E-state index >= 15 is 0 Å². The maximum absolute atomic E-state index is 12.1. The molecule has 116 valence electrons. The molecule has 3 N–H and O–H groups in total. The molecule has 21 heavy (non-hydrogen) atoms. The van der Waals surface area contributed by atoms with Gasteiger partial charge in [0.25, 0.3) is 0 Å². The van der Waals surface area contributed by atoms with Crippen molar-refractivity contribution in [2.45, 2.75) is 51.5 Å². The van der Waals surface area contributed by atoms with Gasteiger partial charge in [-0.2, -0.15) is 0 Å². The molecule has 2 rings (SSSR count). The standard InChI is InChI=1S/C17H26N2O2/c1-16(2)9-4-10-17(12-11-16,15(18)20)19-13-5-7-14(21-3)8-6-13/h5-8,19H,4,9-12H2,1-3H3,(H2,18,20). The van der Waals surface area contributed by atoms with Crippen molar-refractivity contribution >= 4 is 11.6 Å². The van der Waals surface area contributed by atoms with Crippen LogP contribution in [0.3, 0.4) is 0 Å². The fraction of sp³-hybridized carbons (Fsp3) is 0.588. The molecule has 0 aliphatic heterocycles. The topological polar surface area (TPSA) is 64.3 Å². The summed E-state index contributed by atoms with van der Waals surface area (Å²) in [6.45, 7) is 4.52. The molecular weight excluding hydrogens is 264 g/mol. The molecule has 1 unspecified atom stereocenters. The predicted octanol–water partition coefficient (Wildman–Crippen LogP) is 3.32. The van der Waals surface area contributed by atoms with Crippen molar-refractivity contribution in [2.24, 2.45) is 11.1 Å². The Bertz CT molecular complexity index is 496. The van der Waals surface area contributed by atoms with Crippen LogP contribution in [0.2, 0.25) is 0 Å². The fourth-order valence-electron chi connectivity index (χ4n) is 3.05. The van der Waals surface area contributed by atoms with Crippen LogP contribution in [-0.4, -0.2) is 18.6 Å². The minimum absolute atomic E-state index is 0.254. The van der Waals surface area contributed by atoms with Gasteiger partial charge in [0.2, 0.25) is 5.91 Å². The van der Waals surface area contributed by atoms with Gasteiger partial charge in [-0.1, -0.05) is 20.3 Å². The third-order valence-electron chi connectivity index (χ3n) is 4.63. The lowest BCUT2D eigenvalue weighted by Crippen LogP contribution is -2.50. The monoisotopic (exact) mass is 290 g/mol. The summed E-state index contributed by atoms with van der Waals surface area (Å²) in [6, 6.07) is 7.63. The molecule has 1 atom stereocenters. The van der Waals surface area contributed by atoms with Gasteiger partial charge in [-0.3, -0.25) is 4.79 Å². The summed E-state index contributed by atoms with van der Waals surface area (Å²) in [5.41, 5.74) is 6.29. The summed E-state index contributed by atoms with van der Waals surface area (Å²) in [5.74, 6) is 0.548. The largest absolute Gasteiger partial charge is 0.497 e. The normalized spacial score (nSPS) is 24.9. The zero-order valence-electron chi connectivity index (χ0n) is 13.2. The Morgan fingerprint density at radius 2 is 1.81 bits per heavy atom. The van der Waals surface area contributed by atoms with Gasteiger partial charge in [0.1, 0.15) is 11.3 Å². The van der Waals surface area contributed by atoms with E-state index in [0.717, 1.165) is 43.5 Å². The molecule has 0 aromatic heterocycles. The van der Waals surface area contributed by atoms with Crippen LogP contribution in [-0.2, 0) is 4.79 Å². The Morgan fingerprint density at radius 1 is 1.14 bits per heavy atom. The highest BCUT2D eigenvalue weighted by atomic mass is 16.5. The number of carbonyl (C=O) groups excluding carboxylic acids is 1. The Morgan fingerprint density at radius 3 is 2.38 bits per heavy atom. The molecule has 4 nitrogen and oxygen atoms in total. The van der Waals surface area contributed by atoms with Crippen LogP contribution in [0.1, 0.15) is 46.0 Å². The number of hydrogen-bond acceptors (Lipinski definition) is 3. The first-order valence-corrected chi connectivity index (χ1v) is 7.59. The molecule has 1 aromatic rings. The van der Waals surface area contributed by atoms with Gasteiger partial charge in [-0.05, 0) is 55.4 Å². The molecule has 0 spiro atoms. The zero-order valence-corrected chi connectivity index (χ0v) is 13.2. The highest BCUT2D eigenvalue weighted by Crippen LogP contribution is 2.39. The SMILES string of the molecule is COc1ccc(NC2(C(N)=O)CCCC(C)(C)CC2)cc1. The van der Waals surface area contributed by atoms with Gasteiger partial charge in [-0.15, -0.1) is 0 Å². The number of ether oxygens (including phenoxy) is 1. The van der Waals surface area contributed by atoms with Gasteiger partial charge in [0.15, 0.2) is 0 Å². The van der Waals surface area contributed by atoms with E-state index < -0.39 is 5.54 Å². The lowest BCUT2D eigenvalue weighted by Gasteiger charge is -2.32. The van der Waals surface area contributed by atoms with Gasteiger partial charge >= 0.3 is 0 Å². The Balaban J connectivity index is 2.19. The first kappa shape index (κ1) is 15.7. The molecular formula is C17H26N2O2. The van der Waals surface area contributed by atoms with Gasteiger partial charge in [0.05, 0.1) is 7.11 Å². The van der Waals surface area contributed by atoms with Gasteiger partial charge in [-0.25, -0.2) is 0 Å². The molecule has 1 saturated carbocycles. The Hall–Kier alpha value is -1.71. The van der Waals surface area contributed by atoms with Crippen LogP contribution < -0.4 is 15.8 Å². The summed E-state index contributed by atoms with van der Waals surface area (Å²) >= 11 is 0. The number of anilines is 1. The number of nitrogens with two attached hydrogens (primary N) is 1. The molecule has 1 aliphatic carbocycles. The van der Waals surface area contributed by atoms with Crippen LogP contribution in [0.4, 0.5) is 5.69 Å². The minimum Gasteiger partial charge on any atom is -0.497 e. The average Bonchev–Trinajstić information content (AvgIpc) is 2.59. The number of rotatable bonds is 4. The maximum atomic E-state index is 12.1. The van der Waals surface area contributed by atoms with E-state index in [0.29, 0.717) is 0 Å². The number of carbonyl (C=O) groups is 1. The van der Waals surface area contributed by atoms with E-state index in [1.54, 1.807) is 7.11 Å². The second-order valence-electron chi connectivity index (χ2n) is 6.82. The highest BCUT2D eigenvalue weighted by Gasteiger charge is 2.40. The second kappa shape index (κ2) is 5.96. The van der Waals surface area contributed by atoms with Crippen molar-refractivity contribution in [3.05, 3.63) is 24.3 Å². The Kier molecular flexibility index (Phi) is 4.45. The molecule has 1 aliphatic rings. The number of methoxy groups -OCH3 is 1. The van der Waals surface area contributed by atoms with Crippen molar-refractivity contribution in [2.75, 3.05) is 12.4 Å². The molecule has 1 aromatic carbocycles. The van der Waals surface area contributed by atoms with E-state index in [1.807, 2.05) is 24.3 Å². The van der Waals surface area contributed by atoms with Gasteiger partial charge < -0.3 is 15.8 Å². The molecule has 1 fully saturated rings. The van der Waals surface area contributed by atoms with Crippen molar-refractivity contribution in [1.82, 2.24) is 0 Å². The first-order valence-electron chi connectivity index (χ1n) is 7.59. The fourth-order valence-corrected chi connectivity index (χ4v) is 3.05.